The molecular weight excluding hydrogens is 326 g/mol. The number of cyclic esters (lactones) is 1. The summed E-state index contributed by atoms with van der Waals surface area (Å²) in [5.74, 6) is 0.587. The standard InChI is InChI=1S/C19H16ClNO3/c1-2-10-23-16-8-6-13(7-9-16)11-17-19(22)24-18(21-17)14-4-3-5-15(20)12-14/h3-9,11-12H,2,10H2,1H3. The molecule has 2 aromatic carbocycles. The van der Waals surface area contributed by atoms with Crippen LogP contribution in [-0.2, 0) is 9.53 Å². The Balaban J connectivity index is 1.80. The monoisotopic (exact) mass is 341 g/mol. The summed E-state index contributed by atoms with van der Waals surface area (Å²) < 4.78 is 10.8. The van der Waals surface area contributed by atoms with Gasteiger partial charge < -0.3 is 9.47 Å². The van der Waals surface area contributed by atoms with Gasteiger partial charge in [0, 0.05) is 10.6 Å². The van der Waals surface area contributed by atoms with E-state index in [1.54, 1.807) is 30.3 Å². The van der Waals surface area contributed by atoms with Crippen LogP contribution in [0.25, 0.3) is 6.08 Å². The lowest BCUT2D eigenvalue weighted by Gasteiger charge is -2.04. The number of carbonyl (C=O) groups excluding carboxylic acids is 1. The van der Waals surface area contributed by atoms with Crippen molar-refractivity contribution in [3.05, 3.63) is 70.4 Å². The Morgan fingerprint density at radius 2 is 2.00 bits per heavy atom. The van der Waals surface area contributed by atoms with E-state index in [0.717, 1.165) is 17.7 Å². The fourth-order valence-electron chi connectivity index (χ4n) is 2.19. The summed E-state index contributed by atoms with van der Waals surface area (Å²) in [5.41, 5.74) is 1.77. The fourth-order valence-corrected chi connectivity index (χ4v) is 2.38. The number of hydrogen-bond donors (Lipinski definition) is 0. The predicted octanol–water partition coefficient (Wildman–Crippen LogP) is 4.47. The molecule has 2 aromatic rings. The van der Waals surface area contributed by atoms with Crippen LogP contribution in [-0.4, -0.2) is 18.5 Å². The zero-order valence-corrected chi connectivity index (χ0v) is 13.9. The molecule has 0 amide bonds. The summed E-state index contributed by atoms with van der Waals surface area (Å²) >= 11 is 5.95. The van der Waals surface area contributed by atoms with E-state index in [4.69, 9.17) is 21.1 Å². The van der Waals surface area contributed by atoms with Gasteiger partial charge in [-0.25, -0.2) is 9.79 Å². The van der Waals surface area contributed by atoms with E-state index in [1.807, 2.05) is 24.3 Å². The van der Waals surface area contributed by atoms with E-state index in [9.17, 15) is 4.79 Å². The van der Waals surface area contributed by atoms with E-state index >= 15 is 0 Å². The molecule has 5 heteroatoms. The molecule has 1 aliphatic heterocycles. The van der Waals surface area contributed by atoms with Crippen LogP contribution in [0, 0.1) is 0 Å². The van der Waals surface area contributed by atoms with Crippen LogP contribution in [0.1, 0.15) is 24.5 Å². The molecule has 0 bridgehead atoms. The van der Waals surface area contributed by atoms with E-state index < -0.39 is 5.97 Å². The van der Waals surface area contributed by atoms with Crippen molar-refractivity contribution in [2.75, 3.05) is 6.61 Å². The van der Waals surface area contributed by atoms with E-state index in [2.05, 4.69) is 11.9 Å². The van der Waals surface area contributed by atoms with Gasteiger partial charge in [-0.2, -0.15) is 0 Å². The third-order valence-electron chi connectivity index (χ3n) is 3.35. The lowest BCUT2D eigenvalue weighted by Crippen LogP contribution is -2.05. The number of esters is 1. The van der Waals surface area contributed by atoms with Crippen LogP contribution in [0.15, 0.2) is 59.2 Å². The SMILES string of the molecule is CCCOc1ccc(C=C2N=C(c3cccc(Cl)c3)OC2=O)cc1. The molecule has 0 saturated carbocycles. The maximum absolute atomic E-state index is 12.0. The van der Waals surface area contributed by atoms with E-state index in [-0.39, 0.29) is 11.6 Å². The zero-order valence-electron chi connectivity index (χ0n) is 13.2. The predicted molar refractivity (Wildman–Crippen MR) is 94.3 cm³/mol. The lowest BCUT2D eigenvalue weighted by molar-refractivity contribution is -0.129. The molecule has 1 aliphatic rings. The van der Waals surface area contributed by atoms with Crippen LogP contribution in [0.2, 0.25) is 5.02 Å². The fraction of sp³-hybridized carbons (Fsp3) is 0.158. The molecule has 1 heterocycles. The Labute approximate surface area is 145 Å². The second-order valence-corrected chi connectivity index (χ2v) is 5.70. The molecular formula is C19H16ClNO3. The minimum Gasteiger partial charge on any atom is -0.494 e. The first-order chi connectivity index (χ1) is 11.7. The van der Waals surface area contributed by atoms with Gasteiger partial charge in [-0.05, 0) is 48.4 Å². The van der Waals surface area contributed by atoms with Crippen molar-refractivity contribution in [2.24, 2.45) is 4.99 Å². The molecule has 4 nitrogen and oxygen atoms in total. The number of benzene rings is 2. The minimum absolute atomic E-state index is 0.257. The number of aliphatic imine (C=N–C) groups is 1. The first kappa shape index (κ1) is 16.3. The first-order valence-electron chi connectivity index (χ1n) is 7.67. The Morgan fingerprint density at radius 1 is 1.21 bits per heavy atom. The Morgan fingerprint density at radius 3 is 2.71 bits per heavy atom. The number of hydrogen-bond acceptors (Lipinski definition) is 4. The van der Waals surface area contributed by atoms with Crippen molar-refractivity contribution in [3.8, 4) is 5.75 Å². The second-order valence-electron chi connectivity index (χ2n) is 5.26. The number of halogens is 1. The molecule has 0 saturated heterocycles. The van der Waals surface area contributed by atoms with Gasteiger partial charge in [-0.15, -0.1) is 0 Å². The maximum Gasteiger partial charge on any atom is 0.363 e. The maximum atomic E-state index is 12.0. The largest absolute Gasteiger partial charge is 0.494 e. The molecule has 24 heavy (non-hydrogen) atoms. The van der Waals surface area contributed by atoms with Crippen molar-refractivity contribution in [3.63, 3.8) is 0 Å². The van der Waals surface area contributed by atoms with Crippen molar-refractivity contribution < 1.29 is 14.3 Å². The van der Waals surface area contributed by atoms with Gasteiger partial charge in [0.2, 0.25) is 5.90 Å². The lowest BCUT2D eigenvalue weighted by atomic mass is 10.2. The molecule has 0 aromatic heterocycles. The highest BCUT2D eigenvalue weighted by Crippen LogP contribution is 2.22. The minimum atomic E-state index is -0.476. The third kappa shape index (κ3) is 3.84. The Kier molecular flexibility index (Phi) is 4.96. The van der Waals surface area contributed by atoms with Crippen molar-refractivity contribution in [1.29, 1.82) is 0 Å². The number of nitrogens with zero attached hydrogens (tertiary/aromatic N) is 1. The first-order valence-corrected chi connectivity index (χ1v) is 8.05. The van der Waals surface area contributed by atoms with Crippen LogP contribution in [0.3, 0.4) is 0 Å². The van der Waals surface area contributed by atoms with Crippen LogP contribution in [0.5, 0.6) is 5.75 Å². The highest BCUT2D eigenvalue weighted by Gasteiger charge is 2.24. The molecule has 0 aliphatic carbocycles. The summed E-state index contributed by atoms with van der Waals surface area (Å²) in [6.45, 7) is 2.74. The van der Waals surface area contributed by atoms with E-state index in [0.29, 0.717) is 17.2 Å². The van der Waals surface area contributed by atoms with Gasteiger partial charge in [0.15, 0.2) is 5.70 Å². The highest BCUT2D eigenvalue weighted by atomic mass is 35.5. The number of rotatable bonds is 5. The Bertz CT molecular complexity index is 810. The molecule has 3 rings (SSSR count). The summed E-state index contributed by atoms with van der Waals surface area (Å²) in [7, 11) is 0. The molecule has 0 spiro atoms. The van der Waals surface area contributed by atoms with Crippen LogP contribution >= 0.6 is 11.6 Å². The zero-order chi connectivity index (χ0) is 16.9. The second kappa shape index (κ2) is 7.32. The highest BCUT2D eigenvalue weighted by molar-refractivity contribution is 6.31. The summed E-state index contributed by atoms with van der Waals surface area (Å²) in [6.07, 6.45) is 2.64. The van der Waals surface area contributed by atoms with Crippen LogP contribution in [0.4, 0.5) is 0 Å². The number of carbonyl (C=O) groups is 1. The topological polar surface area (TPSA) is 47.9 Å². The van der Waals surface area contributed by atoms with Crippen LogP contribution < -0.4 is 4.74 Å². The van der Waals surface area contributed by atoms with Crippen molar-refractivity contribution in [1.82, 2.24) is 0 Å². The average Bonchev–Trinajstić information content (AvgIpc) is 2.95. The van der Waals surface area contributed by atoms with Gasteiger partial charge in [0.25, 0.3) is 0 Å². The van der Waals surface area contributed by atoms with Gasteiger partial charge in [0.1, 0.15) is 5.75 Å². The molecule has 0 fully saturated rings. The van der Waals surface area contributed by atoms with Crippen molar-refractivity contribution >= 4 is 29.5 Å². The average molecular weight is 342 g/mol. The number of ether oxygens (including phenoxy) is 2. The summed E-state index contributed by atoms with van der Waals surface area (Å²) in [5, 5.41) is 0.561. The normalized spacial score (nSPS) is 15.3. The quantitative estimate of drug-likeness (QED) is 0.595. The van der Waals surface area contributed by atoms with Gasteiger partial charge in [-0.1, -0.05) is 36.7 Å². The molecule has 0 atom stereocenters. The molecule has 0 unspecified atom stereocenters. The Hall–Kier alpha value is -2.59. The smallest absolute Gasteiger partial charge is 0.363 e. The molecule has 122 valence electrons. The summed E-state index contributed by atoms with van der Waals surface area (Å²) in [4.78, 5) is 16.3. The summed E-state index contributed by atoms with van der Waals surface area (Å²) in [6, 6.07) is 14.5. The van der Waals surface area contributed by atoms with Gasteiger partial charge in [0.05, 0.1) is 6.61 Å². The molecule has 0 N–H and O–H groups in total. The van der Waals surface area contributed by atoms with Crippen molar-refractivity contribution in [2.45, 2.75) is 13.3 Å². The third-order valence-corrected chi connectivity index (χ3v) is 3.58. The van der Waals surface area contributed by atoms with Gasteiger partial charge >= 0.3 is 5.97 Å². The molecule has 0 radical (unpaired) electrons. The van der Waals surface area contributed by atoms with Gasteiger partial charge in [-0.3, -0.25) is 0 Å². The van der Waals surface area contributed by atoms with E-state index in [1.165, 1.54) is 0 Å².